The first-order valence-corrected chi connectivity index (χ1v) is 11.2. The van der Waals surface area contributed by atoms with Crippen molar-refractivity contribution in [1.29, 1.82) is 0 Å². The molecule has 5 aliphatic carbocycles. The number of hydrogen-bond donors (Lipinski definition) is 1. The highest BCUT2D eigenvalue weighted by Crippen LogP contribution is 2.81. The van der Waals surface area contributed by atoms with Gasteiger partial charge in [-0.25, -0.2) is 0 Å². The fraction of sp³-hybridized carbons (Fsp3) is 0.833. The molecule has 1 N–H and O–H groups in total. The molecule has 5 rings (SSSR count). The lowest BCUT2D eigenvalue weighted by Crippen LogP contribution is -2.46. The molecule has 0 aromatic rings. The summed E-state index contributed by atoms with van der Waals surface area (Å²) < 4.78 is 0. The van der Waals surface area contributed by atoms with Gasteiger partial charge in [0.25, 0.3) is 0 Å². The van der Waals surface area contributed by atoms with Crippen molar-refractivity contribution in [3.8, 4) is 0 Å². The number of rotatable bonds is 2. The van der Waals surface area contributed by atoms with Crippen LogP contribution in [0.25, 0.3) is 0 Å². The highest BCUT2D eigenvalue weighted by molar-refractivity contribution is 5.92. The summed E-state index contributed by atoms with van der Waals surface area (Å²) in [4.78, 5) is 24.6. The van der Waals surface area contributed by atoms with Crippen molar-refractivity contribution >= 4 is 11.6 Å². The molecule has 3 heteroatoms. The maximum Gasteiger partial charge on any atom is 0.161 e. The molecule has 1 spiro atoms. The van der Waals surface area contributed by atoms with E-state index in [4.69, 9.17) is 0 Å². The van der Waals surface area contributed by atoms with Gasteiger partial charge in [-0.3, -0.25) is 9.59 Å². The summed E-state index contributed by atoms with van der Waals surface area (Å²) in [6.07, 6.45) is 10.7. The lowest BCUT2D eigenvalue weighted by Gasteiger charge is -2.50. The summed E-state index contributed by atoms with van der Waals surface area (Å²) in [5, 5.41) is 9.48. The molecule has 0 heterocycles. The fourth-order valence-electron chi connectivity index (χ4n) is 8.93. The van der Waals surface area contributed by atoms with Gasteiger partial charge in [0.2, 0.25) is 0 Å². The number of carbonyl (C=O) groups excluding carboxylic acids is 2. The third-order valence-electron chi connectivity index (χ3n) is 10.3. The van der Waals surface area contributed by atoms with E-state index in [9.17, 15) is 14.7 Å². The van der Waals surface area contributed by atoms with Gasteiger partial charge in [0.05, 0.1) is 0 Å². The van der Waals surface area contributed by atoms with Crippen molar-refractivity contribution in [3.05, 3.63) is 11.6 Å². The van der Waals surface area contributed by atoms with Crippen LogP contribution in [0.2, 0.25) is 0 Å². The second kappa shape index (κ2) is 5.55. The van der Waals surface area contributed by atoms with Gasteiger partial charge >= 0.3 is 0 Å². The van der Waals surface area contributed by atoms with Crippen LogP contribution in [0.4, 0.5) is 0 Å². The fourth-order valence-corrected chi connectivity index (χ4v) is 8.93. The Labute approximate surface area is 163 Å². The Hall–Kier alpha value is -0.960. The second-order valence-electron chi connectivity index (χ2n) is 11.1. The molecule has 7 unspecified atom stereocenters. The van der Waals surface area contributed by atoms with Crippen LogP contribution >= 0.6 is 0 Å². The zero-order chi connectivity index (χ0) is 19.2. The van der Waals surface area contributed by atoms with E-state index in [-0.39, 0.29) is 23.7 Å². The van der Waals surface area contributed by atoms with Crippen LogP contribution in [0.1, 0.15) is 72.1 Å². The molecule has 0 aromatic heterocycles. The van der Waals surface area contributed by atoms with Crippen molar-refractivity contribution in [2.75, 3.05) is 6.61 Å². The zero-order valence-corrected chi connectivity index (χ0v) is 17.1. The van der Waals surface area contributed by atoms with Crippen LogP contribution in [-0.2, 0) is 9.59 Å². The quantitative estimate of drug-likeness (QED) is 0.787. The maximum atomic E-state index is 12.4. The third-order valence-corrected chi connectivity index (χ3v) is 10.3. The van der Waals surface area contributed by atoms with Gasteiger partial charge in [0.1, 0.15) is 6.61 Å². The predicted octanol–water partition coefficient (Wildman–Crippen LogP) is 4.33. The standard InChI is InChI=1S/C24H34O3/c1-14-10-16-17-4-5-19(21(27)12-25)22(17,2)8-7-18(16)23(3)13-24(23)9-6-15(26)11-20(14)24/h11,14,16-19,25H,4-10,12-13H2,1-3H3/t14?,16?,17?,18?,19?,22?,23-,24?/m1/s1. The first-order chi connectivity index (χ1) is 12.8. The molecule has 8 atom stereocenters. The minimum Gasteiger partial charge on any atom is -0.389 e. The highest BCUT2D eigenvalue weighted by Gasteiger charge is 2.73. The topological polar surface area (TPSA) is 54.4 Å². The first kappa shape index (κ1) is 18.1. The van der Waals surface area contributed by atoms with Gasteiger partial charge in [-0.05, 0) is 90.9 Å². The first-order valence-electron chi connectivity index (χ1n) is 11.2. The van der Waals surface area contributed by atoms with E-state index in [2.05, 4.69) is 20.8 Å². The molecule has 27 heavy (non-hydrogen) atoms. The van der Waals surface area contributed by atoms with Crippen molar-refractivity contribution < 1.29 is 14.7 Å². The third kappa shape index (κ3) is 2.13. The minimum atomic E-state index is -0.298. The Morgan fingerprint density at radius 2 is 1.96 bits per heavy atom. The summed E-state index contributed by atoms with van der Waals surface area (Å²) in [6, 6.07) is 0. The molecule has 3 nitrogen and oxygen atoms in total. The normalized spacial score (nSPS) is 53.4. The average Bonchev–Trinajstić information content (AvgIpc) is 3.08. The van der Waals surface area contributed by atoms with Crippen molar-refractivity contribution in [2.24, 2.45) is 45.8 Å². The van der Waals surface area contributed by atoms with Gasteiger partial charge < -0.3 is 5.11 Å². The van der Waals surface area contributed by atoms with Crippen molar-refractivity contribution in [2.45, 2.75) is 72.1 Å². The molecule has 0 bridgehead atoms. The van der Waals surface area contributed by atoms with Crippen molar-refractivity contribution in [3.63, 3.8) is 0 Å². The predicted molar refractivity (Wildman–Crippen MR) is 104 cm³/mol. The summed E-state index contributed by atoms with van der Waals surface area (Å²) in [7, 11) is 0. The van der Waals surface area contributed by atoms with Gasteiger partial charge in [0.15, 0.2) is 11.6 Å². The van der Waals surface area contributed by atoms with E-state index in [1.165, 1.54) is 24.8 Å². The number of fused-ring (bicyclic) bond motifs is 4. The summed E-state index contributed by atoms with van der Waals surface area (Å²) in [6.45, 7) is 6.91. The van der Waals surface area contributed by atoms with E-state index in [0.29, 0.717) is 34.4 Å². The lowest BCUT2D eigenvalue weighted by molar-refractivity contribution is -0.131. The SMILES string of the molecule is CC1CC2C3CCC(C(=O)CO)C3(C)CCC2[C@@]2(C)CC23CCC(=O)C=C13. The van der Waals surface area contributed by atoms with Gasteiger partial charge in [-0.2, -0.15) is 0 Å². The Morgan fingerprint density at radius 3 is 2.70 bits per heavy atom. The van der Waals surface area contributed by atoms with Crippen LogP contribution in [-0.4, -0.2) is 23.3 Å². The van der Waals surface area contributed by atoms with Gasteiger partial charge in [-0.1, -0.05) is 26.3 Å². The van der Waals surface area contributed by atoms with E-state index in [0.717, 1.165) is 38.0 Å². The molecular formula is C24H34O3. The van der Waals surface area contributed by atoms with Crippen LogP contribution in [0.5, 0.6) is 0 Å². The van der Waals surface area contributed by atoms with Crippen molar-refractivity contribution in [1.82, 2.24) is 0 Å². The van der Waals surface area contributed by atoms with Crippen LogP contribution in [0.3, 0.4) is 0 Å². The smallest absolute Gasteiger partial charge is 0.161 e. The van der Waals surface area contributed by atoms with Crippen LogP contribution in [0.15, 0.2) is 11.6 Å². The molecule has 148 valence electrons. The molecule has 0 saturated heterocycles. The zero-order valence-electron chi connectivity index (χ0n) is 17.1. The molecule has 4 saturated carbocycles. The Bertz CT molecular complexity index is 738. The highest BCUT2D eigenvalue weighted by atomic mass is 16.3. The van der Waals surface area contributed by atoms with E-state index in [1.807, 2.05) is 6.08 Å². The number of hydrogen-bond acceptors (Lipinski definition) is 3. The summed E-state index contributed by atoms with van der Waals surface area (Å²) in [5.41, 5.74) is 2.19. The molecule has 0 radical (unpaired) electrons. The minimum absolute atomic E-state index is 0.0519. The Kier molecular flexibility index (Phi) is 3.72. The number of aliphatic hydroxyl groups is 1. The molecule has 0 aliphatic heterocycles. The number of Topliss-reactive ketones (excluding diaryl/α,β-unsaturated/α-hetero) is 1. The molecule has 0 amide bonds. The summed E-state index contributed by atoms with van der Waals surface area (Å²) >= 11 is 0. The van der Waals surface area contributed by atoms with E-state index < -0.39 is 0 Å². The number of aliphatic hydroxyl groups excluding tert-OH is 1. The van der Waals surface area contributed by atoms with E-state index >= 15 is 0 Å². The number of ketones is 2. The van der Waals surface area contributed by atoms with E-state index in [1.54, 1.807) is 0 Å². The van der Waals surface area contributed by atoms with Crippen LogP contribution < -0.4 is 0 Å². The largest absolute Gasteiger partial charge is 0.389 e. The average molecular weight is 371 g/mol. The molecule has 4 fully saturated rings. The monoisotopic (exact) mass is 370 g/mol. The van der Waals surface area contributed by atoms with Gasteiger partial charge in [-0.15, -0.1) is 0 Å². The molecule has 5 aliphatic rings. The maximum absolute atomic E-state index is 12.4. The Morgan fingerprint density at radius 1 is 1.19 bits per heavy atom. The number of carbonyl (C=O) groups is 2. The summed E-state index contributed by atoms with van der Waals surface area (Å²) in [5.74, 6) is 2.95. The molecule has 0 aromatic carbocycles. The lowest BCUT2D eigenvalue weighted by atomic mass is 9.54. The van der Waals surface area contributed by atoms with Crippen LogP contribution in [0, 0.1) is 45.8 Å². The molecular weight excluding hydrogens is 336 g/mol. The second-order valence-corrected chi connectivity index (χ2v) is 11.1. The Balaban J connectivity index is 1.53. The van der Waals surface area contributed by atoms with Gasteiger partial charge in [0, 0.05) is 12.3 Å². The number of allylic oxidation sites excluding steroid dienone is 2.